The zero-order valence-electron chi connectivity index (χ0n) is 9.54. The summed E-state index contributed by atoms with van der Waals surface area (Å²) in [4.78, 5) is 0. The molecule has 2 aliphatic rings. The van der Waals surface area contributed by atoms with Crippen LogP contribution in [0.2, 0.25) is 0 Å². The van der Waals surface area contributed by atoms with Crippen molar-refractivity contribution in [1.29, 1.82) is 0 Å². The molecule has 3 nitrogen and oxygen atoms in total. The number of hydrogen-bond acceptors (Lipinski definition) is 3. The van der Waals surface area contributed by atoms with E-state index in [0.29, 0.717) is 12.0 Å². The molecule has 0 aromatic rings. The summed E-state index contributed by atoms with van der Waals surface area (Å²) in [5.41, 5.74) is 0. The van der Waals surface area contributed by atoms with Gasteiger partial charge in [0.25, 0.3) is 0 Å². The van der Waals surface area contributed by atoms with Crippen molar-refractivity contribution >= 4 is 0 Å². The van der Waals surface area contributed by atoms with E-state index >= 15 is 0 Å². The normalized spacial score (nSPS) is 27.0. The summed E-state index contributed by atoms with van der Waals surface area (Å²) >= 11 is 0. The van der Waals surface area contributed by atoms with Gasteiger partial charge in [0.1, 0.15) is 0 Å². The Labute approximate surface area is 92.6 Å². The summed E-state index contributed by atoms with van der Waals surface area (Å²) in [5, 5.41) is 16.9. The minimum Gasteiger partial charge on any atom is -0.392 e. The predicted octanol–water partition coefficient (Wildman–Crippen LogP) is 0.879. The van der Waals surface area contributed by atoms with Gasteiger partial charge in [-0.25, -0.2) is 0 Å². The zero-order chi connectivity index (χ0) is 10.5. The van der Waals surface area contributed by atoms with Crippen LogP contribution in [-0.4, -0.2) is 36.9 Å². The first-order valence-corrected chi connectivity index (χ1v) is 6.48. The molecule has 1 unspecified atom stereocenters. The summed E-state index contributed by atoms with van der Waals surface area (Å²) in [6.45, 7) is 2.95. The molecule has 88 valence electrons. The van der Waals surface area contributed by atoms with E-state index in [1.54, 1.807) is 0 Å². The topological polar surface area (TPSA) is 44.3 Å². The molecule has 15 heavy (non-hydrogen) atoms. The Morgan fingerprint density at radius 2 is 1.80 bits per heavy atom. The van der Waals surface area contributed by atoms with Gasteiger partial charge in [-0.3, -0.25) is 0 Å². The van der Waals surface area contributed by atoms with E-state index in [2.05, 4.69) is 10.6 Å². The summed E-state index contributed by atoms with van der Waals surface area (Å²) in [5.74, 6) is 0.514. The third-order valence-electron chi connectivity index (χ3n) is 3.90. The molecule has 2 fully saturated rings. The SMILES string of the molecule is OC(CNC1CCCC1)C1CCNCC1. The zero-order valence-corrected chi connectivity index (χ0v) is 9.54. The average Bonchev–Trinajstić information content (AvgIpc) is 2.80. The van der Waals surface area contributed by atoms with E-state index in [-0.39, 0.29) is 6.10 Å². The standard InChI is InChI=1S/C12H24N2O/c15-12(10-5-7-13-8-6-10)9-14-11-3-1-2-4-11/h10-15H,1-9H2. The van der Waals surface area contributed by atoms with E-state index in [1.807, 2.05) is 0 Å². The first-order valence-electron chi connectivity index (χ1n) is 6.48. The number of hydrogen-bond donors (Lipinski definition) is 3. The van der Waals surface area contributed by atoms with Crippen molar-refractivity contribution in [1.82, 2.24) is 10.6 Å². The van der Waals surface area contributed by atoms with E-state index in [9.17, 15) is 5.11 Å². The molecule has 1 atom stereocenters. The highest BCUT2D eigenvalue weighted by Gasteiger charge is 2.22. The smallest absolute Gasteiger partial charge is 0.0693 e. The number of nitrogens with one attached hydrogen (secondary N) is 2. The van der Waals surface area contributed by atoms with Crippen LogP contribution in [0.4, 0.5) is 0 Å². The van der Waals surface area contributed by atoms with Crippen molar-refractivity contribution in [3.63, 3.8) is 0 Å². The number of rotatable bonds is 4. The highest BCUT2D eigenvalue weighted by Crippen LogP contribution is 2.19. The van der Waals surface area contributed by atoms with Gasteiger partial charge in [-0.1, -0.05) is 12.8 Å². The second-order valence-electron chi connectivity index (χ2n) is 5.04. The summed E-state index contributed by atoms with van der Waals surface area (Å²) in [6, 6.07) is 0.682. The molecular weight excluding hydrogens is 188 g/mol. The Morgan fingerprint density at radius 3 is 2.47 bits per heavy atom. The van der Waals surface area contributed by atoms with Crippen LogP contribution in [-0.2, 0) is 0 Å². The van der Waals surface area contributed by atoms with Gasteiger partial charge < -0.3 is 15.7 Å². The molecule has 0 aromatic carbocycles. The fourth-order valence-electron chi connectivity index (χ4n) is 2.81. The molecule has 0 bridgehead atoms. The van der Waals surface area contributed by atoms with Crippen LogP contribution in [0.3, 0.4) is 0 Å². The lowest BCUT2D eigenvalue weighted by Gasteiger charge is -2.28. The monoisotopic (exact) mass is 212 g/mol. The molecule has 1 saturated carbocycles. The van der Waals surface area contributed by atoms with Gasteiger partial charge in [0, 0.05) is 12.6 Å². The molecule has 3 heteroatoms. The molecule has 2 rings (SSSR count). The summed E-state index contributed by atoms with van der Waals surface area (Å²) in [6.07, 6.45) is 7.47. The largest absolute Gasteiger partial charge is 0.392 e. The Hall–Kier alpha value is -0.120. The first kappa shape index (κ1) is 11.4. The lowest BCUT2D eigenvalue weighted by Crippen LogP contribution is -2.41. The lowest BCUT2D eigenvalue weighted by molar-refractivity contribution is 0.0853. The first-order chi connectivity index (χ1) is 7.36. The average molecular weight is 212 g/mol. The molecule has 1 aliphatic heterocycles. The molecule has 0 radical (unpaired) electrons. The number of aliphatic hydroxyl groups excluding tert-OH is 1. The van der Waals surface area contributed by atoms with Gasteiger partial charge in [0.2, 0.25) is 0 Å². The minimum atomic E-state index is -0.132. The second-order valence-corrected chi connectivity index (χ2v) is 5.04. The van der Waals surface area contributed by atoms with Crippen LogP contribution in [0.25, 0.3) is 0 Å². The molecular formula is C12H24N2O. The summed E-state index contributed by atoms with van der Waals surface area (Å²) < 4.78 is 0. The quantitative estimate of drug-likeness (QED) is 0.648. The van der Waals surface area contributed by atoms with Crippen molar-refractivity contribution in [2.24, 2.45) is 5.92 Å². The van der Waals surface area contributed by atoms with Crippen LogP contribution in [0.5, 0.6) is 0 Å². The van der Waals surface area contributed by atoms with Crippen LogP contribution in [0.15, 0.2) is 0 Å². The van der Waals surface area contributed by atoms with Crippen molar-refractivity contribution in [2.75, 3.05) is 19.6 Å². The van der Waals surface area contributed by atoms with E-state index in [0.717, 1.165) is 32.5 Å². The molecule has 0 spiro atoms. The second kappa shape index (κ2) is 5.83. The van der Waals surface area contributed by atoms with Gasteiger partial charge in [0.15, 0.2) is 0 Å². The number of piperidine rings is 1. The summed E-state index contributed by atoms with van der Waals surface area (Å²) in [7, 11) is 0. The molecule has 0 amide bonds. The van der Waals surface area contributed by atoms with Gasteiger partial charge in [0.05, 0.1) is 6.10 Å². The Bertz CT molecular complexity index is 174. The lowest BCUT2D eigenvalue weighted by atomic mass is 9.92. The van der Waals surface area contributed by atoms with Gasteiger partial charge >= 0.3 is 0 Å². The van der Waals surface area contributed by atoms with E-state index in [4.69, 9.17) is 0 Å². The Kier molecular flexibility index (Phi) is 4.42. The van der Waals surface area contributed by atoms with Crippen molar-refractivity contribution in [2.45, 2.75) is 50.7 Å². The van der Waals surface area contributed by atoms with Crippen LogP contribution < -0.4 is 10.6 Å². The van der Waals surface area contributed by atoms with Crippen LogP contribution in [0, 0.1) is 5.92 Å². The van der Waals surface area contributed by atoms with Crippen molar-refractivity contribution in [3.8, 4) is 0 Å². The Balaban J connectivity index is 1.64. The number of aliphatic hydroxyl groups is 1. The van der Waals surface area contributed by atoms with Crippen LogP contribution in [0.1, 0.15) is 38.5 Å². The highest BCUT2D eigenvalue weighted by atomic mass is 16.3. The van der Waals surface area contributed by atoms with Crippen LogP contribution >= 0.6 is 0 Å². The van der Waals surface area contributed by atoms with E-state index in [1.165, 1.54) is 25.7 Å². The molecule has 0 aromatic heterocycles. The van der Waals surface area contributed by atoms with E-state index < -0.39 is 0 Å². The van der Waals surface area contributed by atoms with Gasteiger partial charge in [-0.05, 0) is 44.7 Å². The minimum absolute atomic E-state index is 0.132. The maximum Gasteiger partial charge on any atom is 0.0693 e. The van der Waals surface area contributed by atoms with Crippen molar-refractivity contribution < 1.29 is 5.11 Å². The Morgan fingerprint density at radius 1 is 1.13 bits per heavy atom. The third-order valence-corrected chi connectivity index (χ3v) is 3.90. The fourth-order valence-corrected chi connectivity index (χ4v) is 2.81. The molecule has 1 aliphatic carbocycles. The maximum absolute atomic E-state index is 10.0. The molecule has 1 heterocycles. The molecule has 1 saturated heterocycles. The maximum atomic E-state index is 10.0. The van der Waals surface area contributed by atoms with Crippen molar-refractivity contribution in [3.05, 3.63) is 0 Å². The molecule has 3 N–H and O–H groups in total. The predicted molar refractivity (Wildman–Crippen MR) is 61.9 cm³/mol. The van der Waals surface area contributed by atoms with Gasteiger partial charge in [-0.15, -0.1) is 0 Å². The van der Waals surface area contributed by atoms with Gasteiger partial charge in [-0.2, -0.15) is 0 Å². The highest BCUT2D eigenvalue weighted by molar-refractivity contribution is 4.80. The third kappa shape index (κ3) is 3.44. The fraction of sp³-hybridized carbons (Fsp3) is 1.00.